The zero-order valence-corrected chi connectivity index (χ0v) is 11.2. The first-order chi connectivity index (χ1) is 7.90. The lowest BCUT2D eigenvalue weighted by Crippen LogP contribution is -2.19. The summed E-state index contributed by atoms with van der Waals surface area (Å²) >= 11 is 3.12. The second-order valence-electron chi connectivity index (χ2n) is 4.29. The Morgan fingerprint density at radius 1 is 1.53 bits per heavy atom. The average molecular weight is 303 g/mol. The molecule has 4 N–H and O–H groups in total. The summed E-state index contributed by atoms with van der Waals surface area (Å²) in [6.45, 7) is 1.92. The second kappa shape index (κ2) is 6.12. The molecule has 1 aromatic carbocycles. The molecule has 2 atom stereocenters. The fourth-order valence-electron chi connectivity index (χ4n) is 1.74. The van der Waals surface area contributed by atoms with Gasteiger partial charge in [-0.15, -0.1) is 0 Å². The van der Waals surface area contributed by atoms with Gasteiger partial charge in [0.2, 0.25) is 5.91 Å². The SMILES string of the molecule is CC(CC(N)=O)CC(N)c1ccc(F)c(Br)c1. The van der Waals surface area contributed by atoms with E-state index in [-0.39, 0.29) is 23.7 Å². The molecule has 0 bridgehead atoms. The maximum absolute atomic E-state index is 13.0. The van der Waals surface area contributed by atoms with Crippen LogP contribution in [0.2, 0.25) is 0 Å². The molecular weight excluding hydrogens is 287 g/mol. The zero-order valence-electron chi connectivity index (χ0n) is 9.62. The monoisotopic (exact) mass is 302 g/mol. The number of primary amides is 1. The summed E-state index contributed by atoms with van der Waals surface area (Å²) in [6.07, 6.45) is 0.955. The molecule has 17 heavy (non-hydrogen) atoms. The van der Waals surface area contributed by atoms with Crippen molar-refractivity contribution in [3.05, 3.63) is 34.1 Å². The molecule has 1 rings (SSSR count). The quantitative estimate of drug-likeness (QED) is 0.877. The minimum atomic E-state index is -0.329. The van der Waals surface area contributed by atoms with Crippen molar-refractivity contribution in [2.24, 2.45) is 17.4 Å². The van der Waals surface area contributed by atoms with Crippen LogP contribution in [0.25, 0.3) is 0 Å². The number of rotatable bonds is 5. The zero-order chi connectivity index (χ0) is 13.0. The van der Waals surface area contributed by atoms with Crippen LogP contribution in [0.1, 0.15) is 31.4 Å². The van der Waals surface area contributed by atoms with Gasteiger partial charge in [0.15, 0.2) is 0 Å². The van der Waals surface area contributed by atoms with Gasteiger partial charge in [0.1, 0.15) is 5.82 Å². The van der Waals surface area contributed by atoms with Crippen LogP contribution in [0.15, 0.2) is 22.7 Å². The molecule has 0 radical (unpaired) electrons. The van der Waals surface area contributed by atoms with Gasteiger partial charge < -0.3 is 11.5 Å². The highest BCUT2D eigenvalue weighted by molar-refractivity contribution is 9.10. The Hall–Kier alpha value is -0.940. The molecule has 1 amide bonds. The van der Waals surface area contributed by atoms with Gasteiger partial charge >= 0.3 is 0 Å². The average Bonchev–Trinajstić information content (AvgIpc) is 2.20. The molecule has 0 heterocycles. The molecule has 0 spiro atoms. The maximum Gasteiger partial charge on any atom is 0.217 e. The number of nitrogens with two attached hydrogens (primary N) is 2. The first-order valence-electron chi connectivity index (χ1n) is 5.39. The van der Waals surface area contributed by atoms with Gasteiger partial charge in [0.05, 0.1) is 4.47 Å². The van der Waals surface area contributed by atoms with Crippen molar-refractivity contribution in [1.29, 1.82) is 0 Å². The number of hydrogen-bond acceptors (Lipinski definition) is 2. The Balaban J connectivity index is 2.66. The third-order valence-electron chi connectivity index (χ3n) is 2.58. The summed E-state index contributed by atoms with van der Waals surface area (Å²) in [5.74, 6) is -0.526. The van der Waals surface area contributed by atoms with Crippen LogP contribution in [0.3, 0.4) is 0 Å². The molecule has 0 fully saturated rings. The first-order valence-corrected chi connectivity index (χ1v) is 6.18. The maximum atomic E-state index is 13.0. The predicted octanol–water partition coefficient (Wildman–Crippen LogP) is 2.49. The Morgan fingerprint density at radius 3 is 2.71 bits per heavy atom. The summed E-state index contributed by atoms with van der Waals surface area (Å²) in [7, 11) is 0. The molecule has 94 valence electrons. The predicted molar refractivity (Wildman–Crippen MR) is 68.6 cm³/mol. The Kier molecular flexibility index (Phi) is 5.08. The summed E-state index contributed by atoms with van der Waals surface area (Å²) < 4.78 is 13.4. The number of halogens is 2. The van der Waals surface area contributed by atoms with Crippen molar-refractivity contribution < 1.29 is 9.18 Å². The number of amides is 1. The first kappa shape index (κ1) is 14.1. The second-order valence-corrected chi connectivity index (χ2v) is 5.15. The highest BCUT2D eigenvalue weighted by atomic mass is 79.9. The van der Waals surface area contributed by atoms with Gasteiger partial charge in [-0.2, -0.15) is 0 Å². The summed E-state index contributed by atoms with van der Waals surface area (Å²) in [5.41, 5.74) is 12.0. The number of carbonyl (C=O) groups excluding carboxylic acids is 1. The molecule has 0 aliphatic rings. The van der Waals surface area contributed by atoms with E-state index in [1.165, 1.54) is 6.07 Å². The smallest absolute Gasteiger partial charge is 0.217 e. The van der Waals surface area contributed by atoms with Crippen molar-refractivity contribution >= 4 is 21.8 Å². The van der Waals surface area contributed by atoms with Crippen LogP contribution in [0, 0.1) is 11.7 Å². The number of hydrogen-bond donors (Lipinski definition) is 2. The Labute approximate surface area is 108 Å². The molecule has 0 aliphatic carbocycles. The topological polar surface area (TPSA) is 69.1 Å². The minimum absolute atomic E-state index is 0.117. The number of benzene rings is 1. The van der Waals surface area contributed by atoms with Gasteiger partial charge in [-0.1, -0.05) is 13.0 Å². The molecule has 5 heteroatoms. The standard InChI is InChI=1S/C12H16BrFN2O/c1-7(5-12(16)17)4-11(15)8-2-3-10(14)9(13)6-8/h2-3,6-7,11H,4-5,15H2,1H3,(H2,16,17). The lowest BCUT2D eigenvalue weighted by atomic mass is 9.94. The lowest BCUT2D eigenvalue weighted by molar-refractivity contribution is -0.118. The highest BCUT2D eigenvalue weighted by Gasteiger charge is 2.14. The summed E-state index contributed by atoms with van der Waals surface area (Å²) in [4.78, 5) is 10.8. The van der Waals surface area contributed by atoms with Gasteiger partial charge in [-0.3, -0.25) is 4.79 Å². The van der Waals surface area contributed by atoms with Gasteiger partial charge in [0, 0.05) is 12.5 Å². The van der Waals surface area contributed by atoms with E-state index in [2.05, 4.69) is 15.9 Å². The van der Waals surface area contributed by atoms with Crippen LogP contribution in [0.5, 0.6) is 0 Å². The molecule has 0 aliphatic heterocycles. The van der Waals surface area contributed by atoms with Crippen molar-refractivity contribution in [2.45, 2.75) is 25.8 Å². The van der Waals surface area contributed by atoms with E-state index in [4.69, 9.17) is 11.5 Å². The van der Waals surface area contributed by atoms with E-state index in [9.17, 15) is 9.18 Å². The van der Waals surface area contributed by atoms with E-state index in [0.29, 0.717) is 17.3 Å². The van der Waals surface area contributed by atoms with E-state index >= 15 is 0 Å². The molecule has 2 unspecified atom stereocenters. The van der Waals surface area contributed by atoms with Gasteiger partial charge in [0.25, 0.3) is 0 Å². The highest BCUT2D eigenvalue weighted by Crippen LogP contribution is 2.24. The fourth-order valence-corrected chi connectivity index (χ4v) is 2.14. The normalized spacial score (nSPS) is 14.4. The van der Waals surface area contributed by atoms with Crippen LogP contribution in [-0.2, 0) is 4.79 Å². The van der Waals surface area contributed by atoms with Crippen molar-refractivity contribution in [3.63, 3.8) is 0 Å². The lowest BCUT2D eigenvalue weighted by Gasteiger charge is -2.16. The van der Waals surface area contributed by atoms with Gasteiger partial charge in [-0.25, -0.2) is 4.39 Å². The van der Waals surface area contributed by atoms with E-state index < -0.39 is 0 Å². The Bertz CT molecular complexity index is 411. The largest absolute Gasteiger partial charge is 0.370 e. The minimum Gasteiger partial charge on any atom is -0.370 e. The van der Waals surface area contributed by atoms with E-state index in [1.807, 2.05) is 6.92 Å². The fraction of sp³-hybridized carbons (Fsp3) is 0.417. The molecular formula is C12H16BrFN2O. The Morgan fingerprint density at radius 2 is 2.18 bits per heavy atom. The van der Waals surface area contributed by atoms with E-state index in [1.54, 1.807) is 12.1 Å². The molecule has 0 saturated carbocycles. The van der Waals surface area contributed by atoms with Crippen LogP contribution >= 0.6 is 15.9 Å². The number of carbonyl (C=O) groups is 1. The molecule has 0 saturated heterocycles. The van der Waals surface area contributed by atoms with Crippen molar-refractivity contribution in [2.75, 3.05) is 0 Å². The molecule has 0 aromatic heterocycles. The van der Waals surface area contributed by atoms with Crippen molar-refractivity contribution in [1.82, 2.24) is 0 Å². The van der Waals surface area contributed by atoms with Crippen LogP contribution in [0.4, 0.5) is 4.39 Å². The molecule has 1 aromatic rings. The molecule has 3 nitrogen and oxygen atoms in total. The van der Waals surface area contributed by atoms with E-state index in [0.717, 1.165) is 5.56 Å². The van der Waals surface area contributed by atoms with Gasteiger partial charge in [-0.05, 0) is 46.0 Å². The third-order valence-corrected chi connectivity index (χ3v) is 3.19. The van der Waals surface area contributed by atoms with Crippen molar-refractivity contribution in [3.8, 4) is 0 Å². The van der Waals surface area contributed by atoms with Crippen LogP contribution in [-0.4, -0.2) is 5.91 Å². The van der Waals surface area contributed by atoms with Crippen LogP contribution < -0.4 is 11.5 Å². The summed E-state index contributed by atoms with van der Waals surface area (Å²) in [5, 5.41) is 0. The summed E-state index contributed by atoms with van der Waals surface area (Å²) in [6, 6.07) is 4.47. The third kappa shape index (κ3) is 4.44.